The van der Waals surface area contributed by atoms with Crippen LogP contribution in [0, 0.1) is 6.92 Å². The molecule has 1 aliphatic rings. The largest absolute Gasteiger partial charge is 0.363 e. The molecule has 0 aromatic heterocycles. The minimum absolute atomic E-state index is 0.000463. The predicted octanol–water partition coefficient (Wildman–Crippen LogP) is 6.81. The molecule has 0 fully saturated rings. The lowest BCUT2D eigenvalue weighted by atomic mass is 9.83. The van der Waals surface area contributed by atoms with Crippen molar-refractivity contribution in [3.8, 4) is 0 Å². The van der Waals surface area contributed by atoms with Crippen molar-refractivity contribution in [1.29, 1.82) is 0 Å². The minimum atomic E-state index is -0.538. The Hall–Kier alpha value is -4.15. The number of benzene rings is 4. The summed E-state index contributed by atoms with van der Waals surface area (Å²) in [5.74, 6) is -0.116. The van der Waals surface area contributed by atoms with E-state index in [0.717, 1.165) is 11.1 Å². The van der Waals surface area contributed by atoms with Crippen LogP contribution in [-0.4, -0.2) is 23.5 Å². The van der Waals surface area contributed by atoms with Crippen molar-refractivity contribution in [3.05, 3.63) is 142 Å². The van der Waals surface area contributed by atoms with Crippen molar-refractivity contribution in [2.45, 2.75) is 33.0 Å². The van der Waals surface area contributed by atoms with Crippen LogP contribution >= 0.6 is 0 Å². The van der Waals surface area contributed by atoms with Gasteiger partial charge in [0.25, 0.3) is 0 Å². The standard InChI is InChI=1S/C17H18O2.C15H10O2/c1-13(2)19-17(15-11-7-4-8-12-15)16(18)14-9-5-3-6-10-14;1-9-6-7-12-13(8-9)15(17)11-5-3-2-4-10(11)14(12)16/h3-13,17H,1-2H3;2-8H,1H3. The van der Waals surface area contributed by atoms with E-state index < -0.39 is 6.10 Å². The van der Waals surface area contributed by atoms with Crippen molar-refractivity contribution >= 4 is 17.3 Å². The van der Waals surface area contributed by atoms with Crippen LogP contribution in [-0.2, 0) is 4.74 Å². The molecule has 0 saturated carbocycles. The first-order valence-electron chi connectivity index (χ1n) is 12.0. The zero-order valence-corrected chi connectivity index (χ0v) is 20.6. The molecule has 0 saturated heterocycles. The number of carbonyl (C=O) groups is 3. The molecule has 5 rings (SSSR count). The zero-order chi connectivity index (χ0) is 25.7. The third-order valence-corrected chi connectivity index (χ3v) is 5.89. The number of hydrogen-bond donors (Lipinski definition) is 0. The first kappa shape index (κ1) is 25.0. The highest BCUT2D eigenvalue weighted by Crippen LogP contribution is 2.27. The SMILES string of the molecule is CC(C)OC(C(=O)c1ccccc1)c1ccccc1.Cc1ccc2c(c1)C(=O)c1ccccc1C2=O. The van der Waals surface area contributed by atoms with E-state index in [1.165, 1.54) is 0 Å². The molecule has 1 atom stereocenters. The summed E-state index contributed by atoms with van der Waals surface area (Å²) in [5.41, 5.74) is 4.61. The van der Waals surface area contributed by atoms with Crippen LogP contribution < -0.4 is 0 Å². The molecule has 4 heteroatoms. The Balaban J connectivity index is 0.000000170. The molecule has 36 heavy (non-hydrogen) atoms. The number of carbonyl (C=O) groups excluding carboxylic acids is 3. The van der Waals surface area contributed by atoms with Crippen LogP contribution in [0.25, 0.3) is 0 Å². The predicted molar refractivity (Wildman–Crippen MR) is 141 cm³/mol. The second-order valence-electron chi connectivity index (χ2n) is 8.96. The van der Waals surface area contributed by atoms with E-state index in [0.29, 0.717) is 27.8 Å². The van der Waals surface area contributed by atoms with Gasteiger partial charge in [0.1, 0.15) is 6.10 Å². The first-order chi connectivity index (χ1) is 17.4. The van der Waals surface area contributed by atoms with Gasteiger partial charge in [-0.05, 0) is 32.4 Å². The minimum Gasteiger partial charge on any atom is -0.363 e. The average molecular weight is 477 g/mol. The number of aryl methyl sites for hydroxylation is 1. The summed E-state index contributed by atoms with van der Waals surface area (Å²) in [6, 6.07) is 31.3. The summed E-state index contributed by atoms with van der Waals surface area (Å²) in [7, 11) is 0. The molecule has 1 unspecified atom stereocenters. The van der Waals surface area contributed by atoms with Crippen molar-refractivity contribution in [3.63, 3.8) is 0 Å². The highest BCUT2D eigenvalue weighted by Gasteiger charge is 2.29. The fourth-order valence-corrected chi connectivity index (χ4v) is 4.16. The fourth-order valence-electron chi connectivity index (χ4n) is 4.16. The number of hydrogen-bond acceptors (Lipinski definition) is 4. The number of Topliss-reactive ketones (excluding diaryl/α,β-unsaturated/α-hetero) is 1. The van der Waals surface area contributed by atoms with Crippen molar-refractivity contribution < 1.29 is 19.1 Å². The maximum atomic E-state index is 12.6. The van der Waals surface area contributed by atoms with Crippen LogP contribution in [0.4, 0.5) is 0 Å². The zero-order valence-electron chi connectivity index (χ0n) is 20.6. The molecule has 0 aliphatic heterocycles. The quantitative estimate of drug-likeness (QED) is 0.262. The molecule has 4 aromatic rings. The highest BCUT2D eigenvalue weighted by molar-refractivity contribution is 6.28. The maximum absolute atomic E-state index is 12.6. The fraction of sp³-hybridized carbons (Fsp3) is 0.156. The lowest BCUT2D eigenvalue weighted by molar-refractivity contribution is 0.0114. The first-order valence-corrected chi connectivity index (χ1v) is 12.0. The molecule has 0 amide bonds. The maximum Gasteiger partial charge on any atom is 0.196 e. The Morgan fingerprint density at radius 1 is 0.639 bits per heavy atom. The third-order valence-electron chi connectivity index (χ3n) is 5.89. The van der Waals surface area contributed by atoms with Crippen molar-refractivity contribution in [2.24, 2.45) is 0 Å². The molecule has 0 N–H and O–H groups in total. The van der Waals surface area contributed by atoms with E-state index in [1.54, 1.807) is 36.4 Å². The van der Waals surface area contributed by atoms with Gasteiger partial charge in [0.2, 0.25) is 0 Å². The van der Waals surface area contributed by atoms with Gasteiger partial charge in [-0.25, -0.2) is 0 Å². The molecular formula is C32H28O4. The summed E-state index contributed by atoms with van der Waals surface area (Å²) < 4.78 is 5.80. The highest BCUT2D eigenvalue weighted by atomic mass is 16.5. The average Bonchev–Trinajstić information content (AvgIpc) is 2.91. The summed E-state index contributed by atoms with van der Waals surface area (Å²) in [5, 5.41) is 0. The van der Waals surface area contributed by atoms with Crippen molar-refractivity contribution in [2.75, 3.05) is 0 Å². The molecule has 4 nitrogen and oxygen atoms in total. The smallest absolute Gasteiger partial charge is 0.196 e. The summed E-state index contributed by atoms with van der Waals surface area (Å²) in [6.07, 6.45) is -0.540. The molecule has 0 heterocycles. The Kier molecular flexibility index (Phi) is 7.67. The van der Waals surface area contributed by atoms with Crippen molar-refractivity contribution in [1.82, 2.24) is 0 Å². The molecule has 0 bridgehead atoms. The Bertz CT molecular complexity index is 1390. The van der Waals surface area contributed by atoms with Gasteiger partial charge < -0.3 is 4.74 Å². The van der Waals surface area contributed by atoms with Crippen LogP contribution in [0.2, 0.25) is 0 Å². The van der Waals surface area contributed by atoms with Crippen LogP contribution in [0.1, 0.15) is 73.3 Å². The van der Waals surface area contributed by atoms with Gasteiger partial charge in [-0.15, -0.1) is 0 Å². The van der Waals surface area contributed by atoms with Gasteiger partial charge in [0, 0.05) is 27.8 Å². The number of rotatable bonds is 5. The second-order valence-corrected chi connectivity index (χ2v) is 8.96. The Morgan fingerprint density at radius 3 is 1.72 bits per heavy atom. The van der Waals surface area contributed by atoms with Gasteiger partial charge in [-0.2, -0.15) is 0 Å². The van der Waals surface area contributed by atoms with Crippen LogP contribution in [0.15, 0.2) is 103 Å². The summed E-state index contributed by atoms with van der Waals surface area (Å²) >= 11 is 0. The monoisotopic (exact) mass is 476 g/mol. The van der Waals surface area contributed by atoms with E-state index in [-0.39, 0.29) is 23.5 Å². The third kappa shape index (κ3) is 5.40. The van der Waals surface area contributed by atoms with Gasteiger partial charge in [-0.3, -0.25) is 14.4 Å². The van der Waals surface area contributed by atoms with E-state index in [4.69, 9.17) is 4.74 Å². The Morgan fingerprint density at radius 2 is 1.14 bits per heavy atom. The lowest BCUT2D eigenvalue weighted by Gasteiger charge is -2.19. The number of ketones is 3. The second kappa shape index (κ2) is 11.1. The molecule has 0 radical (unpaired) electrons. The van der Waals surface area contributed by atoms with Crippen LogP contribution in [0.3, 0.4) is 0 Å². The lowest BCUT2D eigenvalue weighted by Crippen LogP contribution is -2.20. The van der Waals surface area contributed by atoms with E-state index in [9.17, 15) is 14.4 Å². The molecule has 180 valence electrons. The van der Waals surface area contributed by atoms with E-state index >= 15 is 0 Å². The molecule has 0 spiro atoms. The van der Waals surface area contributed by atoms with Gasteiger partial charge in [0.05, 0.1) is 6.10 Å². The summed E-state index contributed by atoms with van der Waals surface area (Å²) in [6.45, 7) is 5.79. The Labute approximate surface area is 211 Å². The number of ether oxygens (including phenoxy) is 1. The van der Waals surface area contributed by atoms with Crippen LogP contribution in [0.5, 0.6) is 0 Å². The summed E-state index contributed by atoms with van der Waals surface area (Å²) in [4.78, 5) is 37.0. The number of fused-ring (bicyclic) bond motifs is 2. The normalized spacial score (nSPS) is 12.8. The van der Waals surface area contributed by atoms with Gasteiger partial charge >= 0.3 is 0 Å². The molecule has 1 aliphatic carbocycles. The van der Waals surface area contributed by atoms with E-state index in [1.807, 2.05) is 87.5 Å². The van der Waals surface area contributed by atoms with Gasteiger partial charge in [0.15, 0.2) is 17.3 Å². The molecule has 4 aromatic carbocycles. The van der Waals surface area contributed by atoms with E-state index in [2.05, 4.69) is 0 Å². The topological polar surface area (TPSA) is 60.4 Å². The van der Waals surface area contributed by atoms with Gasteiger partial charge in [-0.1, -0.05) is 103 Å². The molecular weight excluding hydrogens is 448 g/mol.